The van der Waals surface area contributed by atoms with Crippen molar-refractivity contribution in [1.82, 2.24) is 9.97 Å². The lowest BCUT2D eigenvalue weighted by molar-refractivity contribution is 0.102. The highest BCUT2D eigenvalue weighted by Crippen LogP contribution is 2.39. The Kier molecular flexibility index (Phi) is 5.44. The maximum Gasteiger partial charge on any atom is 0.275 e. The molecule has 3 rings (SSSR count). The molecule has 0 unspecified atom stereocenters. The van der Waals surface area contributed by atoms with Gasteiger partial charge in [0, 0.05) is 29.5 Å². The molecule has 0 bridgehead atoms. The van der Waals surface area contributed by atoms with Crippen molar-refractivity contribution in [2.75, 3.05) is 17.3 Å². The van der Waals surface area contributed by atoms with Crippen LogP contribution in [0.2, 0.25) is 0 Å². The van der Waals surface area contributed by atoms with Crippen LogP contribution in [0, 0.1) is 6.92 Å². The van der Waals surface area contributed by atoms with Crippen LogP contribution >= 0.6 is 11.8 Å². The molecule has 1 amide bonds. The van der Waals surface area contributed by atoms with Crippen LogP contribution in [-0.2, 0) is 15.4 Å². The van der Waals surface area contributed by atoms with Crippen LogP contribution in [0.3, 0.4) is 0 Å². The molecule has 0 saturated heterocycles. The van der Waals surface area contributed by atoms with Crippen LogP contribution in [0.1, 0.15) is 35.1 Å². The van der Waals surface area contributed by atoms with E-state index in [1.807, 2.05) is 6.92 Å². The van der Waals surface area contributed by atoms with Gasteiger partial charge in [-0.3, -0.25) is 14.8 Å². The van der Waals surface area contributed by atoms with Crippen molar-refractivity contribution in [3.63, 3.8) is 0 Å². The summed E-state index contributed by atoms with van der Waals surface area (Å²) in [6.45, 7) is 3.63. The molecule has 3 N–H and O–H groups in total. The van der Waals surface area contributed by atoms with Gasteiger partial charge in [0.05, 0.1) is 22.3 Å². The van der Waals surface area contributed by atoms with Gasteiger partial charge in [-0.25, -0.2) is 13.4 Å². The van der Waals surface area contributed by atoms with Crippen LogP contribution in [-0.4, -0.2) is 41.5 Å². The predicted molar refractivity (Wildman–Crippen MR) is 110 cm³/mol. The number of aromatic nitrogens is 2. The lowest BCUT2D eigenvalue weighted by atomic mass is 9.89. The second kappa shape index (κ2) is 7.51. The molecule has 1 aliphatic heterocycles. The molecule has 28 heavy (non-hydrogen) atoms. The molecule has 1 aliphatic rings. The summed E-state index contributed by atoms with van der Waals surface area (Å²) in [5, 5.41) is 3.16. The topological polar surface area (TPSA) is 127 Å². The van der Waals surface area contributed by atoms with Crippen molar-refractivity contribution in [2.45, 2.75) is 30.7 Å². The van der Waals surface area contributed by atoms with Crippen LogP contribution in [0.25, 0.3) is 0 Å². The number of amidine groups is 1. The molecule has 8 nitrogen and oxygen atoms in total. The Labute approximate surface area is 168 Å². The summed E-state index contributed by atoms with van der Waals surface area (Å²) in [5.74, 6) is 0.294. The first-order valence-electron chi connectivity index (χ1n) is 8.51. The highest BCUT2D eigenvalue weighted by atomic mass is 32.2. The summed E-state index contributed by atoms with van der Waals surface area (Å²) in [6.07, 6.45) is 4.67. The fraction of sp³-hybridized carbons (Fsp3) is 0.333. The Hall–Kier alpha value is -2.46. The second-order valence-corrected chi connectivity index (χ2v) is 9.90. The molecule has 0 saturated carbocycles. The minimum absolute atomic E-state index is 0.168. The van der Waals surface area contributed by atoms with Crippen molar-refractivity contribution >= 4 is 38.4 Å². The van der Waals surface area contributed by atoms with E-state index in [9.17, 15) is 13.2 Å². The largest absolute Gasteiger partial charge is 0.379 e. The molecule has 0 fully saturated rings. The number of thioether (sulfide) groups is 1. The summed E-state index contributed by atoms with van der Waals surface area (Å²) in [7, 11) is -3.49. The average Bonchev–Trinajstić information content (AvgIpc) is 2.61. The van der Waals surface area contributed by atoms with Crippen LogP contribution in [0.5, 0.6) is 0 Å². The SMILES string of the molecule is Cc1cnc(C(=O)Nc2ccc(S(C)(=O)=O)c([C@]3(C)CCSC(N)=N3)c2)cn1. The third kappa shape index (κ3) is 4.33. The second-order valence-electron chi connectivity index (χ2n) is 6.80. The molecular formula is C18H21N5O3S2. The first-order chi connectivity index (χ1) is 13.1. The molecule has 1 aromatic carbocycles. The molecule has 1 atom stereocenters. The Bertz CT molecular complexity index is 1050. The summed E-state index contributed by atoms with van der Waals surface area (Å²) < 4.78 is 24.6. The highest BCUT2D eigenvalue weighted by Gasteiger charge is 2.34. The van der Waals surface area contributed by atoms with Gasteiger partial charge in [-0.1, -0.05) is 11.8 Å². The number of carbonyl (C=O) groups is 1. The molecule has 2 heterocycles. The number of nitrogens with one attached hydrogen (secondary N) is 1. The lowest BCUT2D eigenvalue weighted by Crippen LogP contribution is -2.30. The van der Waals surface area contributed by atoms with Crippen molar-refractivity contribution in [1.29, 1.82) is 0 Å². The number of benzene rings is 1. The van der Waals surface area contributed by atoms with Gasteiger partial charge in [0.2, 0.25) is 0 Å². The summed E-state index contributed by atoms with van der Waals surface area (Å²) in [6, 6.07) is 4.68. The van der Waals surface area contributed by atoms with Gasteiger partial charge in [-0.2, -0.15) is 0 Å². The summed E-state index contributed by atoms with van der Waals surface area (Å²) >= 11 is 1.43. The number of anilines is 1. The zero-order valence-corrected chi connectivity index (χ0v) is 17.4. The Balaban J connectivity index is 2.02. The Morgan fingerprint density at radius 1 is 1.29 bits per heavy atom. The van der Waals surface area contributed by atoms with E-state index in [0.29, 0.717) is 28.5 Å². The van der Waals surface area contributed by atoms with Gasteiger partial charge in [0.1, 0.15) is 5.69 Å². The summed E-state index contributed by atoms with van der Waals surface area (Å²) in [5.41, 5.74) is 6.92. The normalized spacial score (nSPS) is 19.8. The van der Waals surface area contributed by atoms with E-state index in [1.165, 1.54) is 30.2 Å². The van der Waals surface area contributed by atoms with Gasteiger partial charge in [0.15, 0.2) is 15.0 Å². The number of nitrogens with zero attached hydrogens (tertiary/aromatic N) is 3. The van der Waals surface area contributed by atoms with Gasteiger partial charge < -0.3 is 11.1 Å². The number of rotatable bonds is 4. The quantitative estimate of drug-likeness (QED) is 0.777. The van der Waals surface area contributed by atoms with Crippen LogP contribution < -0.4 is 11.1 Å². The third-order valence-electron chi connectivity index (χ3n) is 4.43. The number of amides is 1. The van der Waals surface area contributed by atoms with Gasteiger partial charge in [-0.05, 0) is 38.5 Å². The molecule has 0 radical (unpaired) electrons. The molecular weight excluding hydrogens is 398 g/mol. The molecule has 148 valence electrons. The van der Waals surface area contributed by atoms with Crippen molar-refractivity contribution < 1.29 is 13.2 Å². The van der Waals surface area contributed by atoms with Crippen molar-refractivity contribution in [3.05, 3.63) is 47.5 Å². The molecule has 2 aromatic rings. The Morgan fingerprint density at radius 3 is 2.64 bits per heavy atom. The third-order valence-corrected chi connectivity index (χ3v) is 6.38. The maximum atomic E-state index is 12.4. The van der Waals surface area contributed by atoms with Crippen LogP contribution in [0.15, 0.2) is 40.5 Å². The number of aliphatic imine (C=N–C) groups is 1. The van der Waals surface area contributed by atoms with E-state index in [0.717, 1.165) is 12.0 Å². The minimum Gasteiger partial charge on any atom is -0.379 e. The lowest BCUT2D eigenvalue weighted by Gasteiger charge is -2.31. The first-order valence-corrected chi connectivity index (χ1v) is 11.4. The maximum absolute atomic E-state index is 12.4. The number of hydrogen-bond acceptors (Lipinski definition) is 8. The highest BCUT2D eigenvalue weighted by molar-refractivity contribution is 8.13. The standard InChI is InChI=1S/C18H21N5O3S2/c1-11-9-21-14(10-20-11)16(24)22-12-4-5-15(28(3,25)26)13(8-12)18(2)6-7-27-17(19)23-18/h4-5,8-10H,6-7H2,1-3H3,(H2,19,23)(H,22,24)/t18-/m0/s1. The number of carbonyl (C=O) groups excluding carboxylic acids is 1. The summed E-state index contributed by atoms with van der Waals surface area (Å²) in [4.78, 5) is 25.2. The predicted octanol–water partition coefficient (Wildman–Crippen LogP) is 2.11. The number of hydrogen-bond donors (Lipinski definition) is 2. The van der Waals surface area contributed by atoms with E-state index in [4.69, 9.17) is 5.73 Å². The Morgan fingerprint density at radius 2 is 2.04 bits per heavy atom. The smallest absolute Gasteiger partial charge is 0.275 e. The fourth-order valence-electron chi connectivity index (χ4n) is 2.94. The van der Waals surface area contributed by atoms with E-state index in [-0.39, 0.29) is 10.6 Å². The minimum atomic E-state index is -3.49. The van der Waals surface area contributed by atoms with Crippen molar-refractivity contribution in [3.8, 4) is 0 Å². The molecule has 1 aromatic heterocycles. The molecule has 0 aliphatic carbocycles. The van der Waals surface area contributed by atoms with Gasteiger partial charge in [-0.15, -0.1) is 0 Å². The zero-order chi connectivity index (χ0) is 20.5. The van der Waals surface area contributed by atoms with E-state index in [2.05, 4.69) is 20.3 Å². The van der Waals surface area contributed by atoms with Gasteiger partial charge >= 0.3 is 0 Å². The molecule has 0 spiro atoms. The zero-order valence-electron chi connectivity index (χ0n) is 15.8. The van der Waals surface area contributed by atoms with E-state index >= 15 is 0 Å². The number of sulfone groups is 1. The van der Waals surface area contributed by atoms with Crippen molar-refractivity contribution in [2.24, 2.45) is 10.7 Å². The van der Waals surface area contributed by atoms with E-state index in [1.54, 1.807) is 19.1 Å². The monoisotopic (exact) mass is 419 g/mol. The first kappa shape index (κ1) is 20.3. The average molecular weight is 420 g/mol. The van der Waals surface area contributed by atoms with Crippen LogP contribution in [0.4, 0.5) is 5.69 Å². The number of aryl methyl sites for hydroxylation is 1. The van der Waals surface area contributed by atoms with Gasteiger partial charge in [0.25, 0.3) is 5.91 Å². The molecule has 10 heteroatoms. The fourth-order valence-corrected chi connectivity index (χ4v) is 4.91. The number of nitrogens with two attached hydrogens (primary N) is 1. The van der Waals surface area contributed by atoms with E-state index < -0.39 is 21.3 Å².